The first-order valence-electron chi connectivity index (χ1n) is 8.00. The fourth-order valence-corrected chi connectivity index (χ4v) is 3.06. The lowest BCUT2D eigenvalue weighted by atomic mass is 10.0. The minimum atomic E-state index is -0.511. The van der Waals surface area contributed by atoms with Gasteiger partial charge in [-0.25, -0.2) is 4.79 Å². The summed E-state index contributed by atoms with van der Waals surface area (Å²) in [6.07, 6.45) is -0.303. The van der Waals surface area contributed by atoms with E-state index in [2.05, 4.69) is 11.0 Å². The van der Waals surface area contributed by atoms with Crippen molar-refractivity contribution in [3.05, 3.63) is 17.7 Å². The van der Waals surface area contributed by atoms with Crippen molar-refractivity contribution in [3.63, 3.8) is 0 Å². The van der Waals surface area contributed by atoms with Gasteiger partial charge in [-0.1, -0.05) is 0 Å². The van der Waals surface area contributed by atoms with Crippen LogP contribution in [0.1, 0.15) is 26.3 Å². The Hall–Kier alpha value is -2.62. The van der Waals surface area contributed by atoms with Crippen molar-refractivity contribution in [2.75, 3.05) is 36.9 Å². The van der Waals surface area contributed by atoms with Crippen LogP contribution in [0.25, 0.3) is 0 Å². The molecule has 7 nitrogen and oxygen atoms in total. The van der Waals surface area contributed by atoms with Crippen LogP contribution in [0.3, 0.4) is 0 Å². The standard InChI is InChI=1S/C17H22N4O3/c1-17(2,3)24-16(22)20-6-7-21-11(9-20)10-23-15-12(8-18)13(19)4-5-14(15)21/h4-5,11H,6-7,9-10,19H2,1-3H3/t11-/m0/s1. The number of nitrogens with two attached hydrogens (primary N) is 1. The SMILES string of the molecule is CC(C)(C)OC(=O)N1CCN2c3ccc(N)c(C#N)c3OC[C@@H]2C1. The monoisotopic (exact) mass is 330 g/mol. The van der Waals surface area contributed by atoms with Crippen molar-refractivity contribution in [1.29, 1.82) is 5.26 Å². The van der Waals surface area contributed by atoms with E-state index in [1.165, 1.54) is 0 Å². The van der Waals surface area contributed by atoms with E-state index in [4.69, 9.17) is 15.2 Å². The molecule has 2 aliphatic rings. The molecule has 0 saturated carbocycles. The van der Waals surface area contributed by atoms with E-state index in [-0.39, 0.29) is 12.1 Å². The van der Waals surface area contributed by atoms with Crippen molar-refractivity contribution in [3.8, 4) is 11.8 Å². The first-order valence-corrected chi connectivity index (χ1v) is 8.00. The Morgan fingerprint density at radius 3 is 2.83 bits per heavy atom. The molecule has 24 heavy (non-hydrogen) atoms. The average Bonchev–Trinajstić information content (AvgIpc) is 2.52. The number of rotatable bonds is 0. The van der Waals surface area contributed by atoms with E-state index in [0.717, 1.165) is 5.69 Å². The maximum Gasteiger partial charge on any atom is 0.410 e. The molecule has 2 N–H and O–H groups in total. The number of hydrogen-bond donors (Lipinski definition) is 1. The summed E-state index contributed by atoms with van der Waals surface area (Å²) in [7, 11) is 0. The van der Waals surface area contributed by atoms with E-state index in [0.29, 0.717) is 43.2 Å². The highest BCUT2D eigenvalue weighted by molar-refractivity contribution is 5.75. The highest BCUT2D eigenvalue weighted by Gasteiger charge is 2.37. The van der Waals surface area contributed by atoms with Gasteiger partial charge >= 0.3 is 6.09 Å². The topological polar surface area (TPSA) is 91.8 Å². The van der Waals surface area contributed by atoms with Gasteiger partial charge in [0.25, 0.3) is 0 Å². The average molecular weight is 330 g/mol. The molecule has 2 heterocycles. The van der Waals surface area contributed by atoms with Crippen LogP contribution in [0, 0.1) is 11.3 Å². The number of piperazine rings is 1. The normalized spacial score (nSPS) is 19.7. The van der Waals surface area contributed by atoms with Crippen LogP contribution in [0.2, 0.25) is 0 Å². The molecule has 0 spiro atoms. The second-order valence-electron chi connectivity index (χ2n) is 7.07. The van der Waals surface area contributed by atoms with Crippen LogP contribution < -0.4 is 15.4 Å². The number of carbonyl (C=O) groups is 1. The summed E-state index contributed by atoms with van der Waals surface area (Å²) in [5.74, 6) is 0.541. The molecule has 1 saturated heterocycles. The predicted molar refractivity (Wildman–Crippen MR) is 90.0 cm³/mol. The van der Waals surface area contributed by atoms with Crippen LogP contribution in [0.4, 0.5) is 16.2 Å². The van der Waals surface area contributed by atoms with Gasteiger partial charge in [0.05, 0.1) is 17.4 Å². The summed E-state index contributed by atoms with van der Waals surface area (Å²) in [4.78, 5) is 16.2. The van der Waals surface area contributed by atoms with Gasteiger partial charge in [-0.05, 0) is 32.9 Å². The zero-order chi connectivity index (χ0) is 17.5. The quantitative estimate of drug-likeness (QED) is 0.731. The second kappa shape index (κ2) is 5.78. The van der Waals surface area contributed by atoms with Crippen LogP contribution in [0.15, 0.2) is 12.1 Å². The lowest BCUT2D eigenvalue weighted by Crippen LogP contribution is -2.59. The molecule has 7 heteroatoms. The van der Waals surface area contributed by atoms with Gasteiger partial charge in [0.2, 0.25) is 0 Å². The number of ether oxygens (including phenoxy) is 2. The summed E-state index contributed by atoms with van der Waals surface area (Å²) in [6.45, 7) is 7.73. The number of hydrogen-bond acceptors (Lipinski definition) is 6. The van der Waals surface area contributed by atoms with E-state index in [9.17, 15) is 10.1 Å². The summed E-state index contributed by atoms with van der Waals surface area (Å²) < 4.78 is 11.2. The zero-order valence-corrected chi connectivity index (χ0v) is 14.2. The molecule has 1 aromatic rings. The summed E-state index contributed by atoms with van der Waals surface area (Å²) in [5.41, 5.74) is 7.00. The first-order chi connectivity index (χ1) is 11.3. The molecule has 0 aliphatic carbocycles. The van der Waals surface area contributed by atoms with Crippen LogP contribution in [-0.2, 0) is 4.74 Å². The van der Waals surface area contributed by atoms with Crippen molar-refractivity contribution >= 4 is 17.5 Å². The number of anilines is 2. The van der Waals surface area contributed by atoms with Crippen molar-refractivity contribution < 1.29 is 14.3 Å². The van der Waals surface area contributed by atoms with Gasteiger partial charge in [-0.15, -0.1) is 0 Å². The minimum Gasteiger partial charge on any atom is -0.488 e. The Balaban J connectivity index is 1.79. The Labute approximate surface area is 141 Å². The van der Waals surface area contributed by atoms with Crippen molar-refractivity contribution in [2.45, 2.75) is 32.4 Å². The number of benzene rings is 1. The van der Waals surface area contributed by atoms with Gasteiger partial charge in [-0.2, -0.15) is 5.26 Å². The lowest BCUT2D eigenvalue weighted by molar-refractivity contribution is 0.0195. The van der Waals surface area contributed by atoms with Crippen LogP contribution in [-0.4, -0.2) is 48.9 Å². The van der Waals surface area contributed by atoms with Crippen molar-refractivity contribution in [2.24, 2.45) is 0 Å². The third-order valence-corrected chi connectivity index (χ3v) is 4.14. The van der Waals surface area contributed by atoms with Gasteiger partial charge in [0.15, 0.2) is 5.75 Å². The van der Waals surface area contributed by atoms with Crippen molar-refractivity contribution in [1.82, 2.24) is 4.90 Å². The highest BCUT2D eigenvalue weighted by Crippen LogP contribution is 2.40. The largest absolute Gasteiger partial charge is 0.488 e. The van der Waals surface area contributed by atoms with Gasteiger partial charge in [0, 0.05) is 19.6 Å². The number of nitriles is 1. The molecule has 0 aromatic heterocycles. The molecule has 1 aromatic carbocycles. The van der Waals surface area contributed by atoms with E-state index in [1.54, 1.807) is 11.0 Å². The molecule has 0 bridgehead atoms. The van der Waals surface area contributed by atoms with E-state index < -0.39 is 5.60 Å². The second-order valence-corrected chi connectivity index (χ2v) is 7.07. The van der Waals surface area contributed by atoms with E-state index in [1.807, 2.05) is 26.8 Å². The number of amides is 1. The molecule has 128 valence electrons. The number of nitrogen functional groups attached to an aromatic ring is 1. The van der Waals surface area contributed by atoms with Gasteiger partial charge in [-0.3, -0.25) is 0 Å². The molecular formula is C17H22N4O3. The van der Waals surface area contributed by atoms with Crippen LogP contribution in [0.5, 0.6) is 5.75 Å². The number of carbonyl (C=O) groups excluding carboxylic acids is 1. The molecule has 1 atom stereocenters. The van der Waals surface area contributed by atoms with Gasteiger partial charge in [0.1, 0.15) is 23.8 Å². The summed E-state index contributed by atoms with van der Waals surface area (Å²) in [6, 6.07) is 5.75. The van der Waals surface area contributed by atoms with Crippen LogP contribution >= 0.6 is 0 Å². The lowest BCUT2D eigenvalue weighted by Gasteiger charge is -2.45. The predicted octanol–water partition coefficient (Wildman–Crippen LogP) is 1.96. The van der Waals surface area contributed by atoms with E-state index >= 15 is 0 Å². The molecule has 1 fully saturated rings. The summed E-state index contributed by atoms with van der Waals surface area (Å²) in [5, 5.41) is 9.30. The Morgan fingerprint density at radius 1 is 1.42 bits per heavy atom. The third-order valence-electron chi connectivity index (χ3n) is 4.14. The highest BCUT2D eigenvalue weighted by atomic mass is 16.6. The molecule has 2 aliphatic heterocycles. The Kier molecular flexibility index (Phi) is 3.91. The molecule has 0 unspecified atom stereocenters. The summed E-state index contributed by atoms with van der Waals surface area (Å²) >= 11 is 0. The molecule has 3 rings (SSSR count). The number of fused-ring (bicyclic) bond motifs is 3. The number of nitrogens with zero attached hydrogens (tertiary/aromatic N) is 3. The maximum absolute atomic E-state index is 12.3. The molecular weight excluding hydrogens is 308 g/mol. The minimum absolute atomic E-state index is 0.0361. The first kappa shape index (κ1) is 16.2. The maximum atomic E-state index is 12.3. The van der Waals surface area contributed by atoms with Gasteiger partial charge < -0.3 is 25.0 Å². The molecule has 0 radical (unpaired) electrons. The third kappa shape index (κ3) is 2.92. The smallest absolute Gasteiger partial charge is 0.410 e. The molecule has 1 amide bonds. The fraction of sp³-hybridized carbons (Fsp3) is 0.529. The Bertz CT molecular complexity index is 705. The zero-order valence-electron chi connectivity index (χ0n) is 14.2. The fourth-order valence-electron chi connectivity index (χ4n) is 3.06. The Morgan fingerprint density at radius 2 is 2.17 bits per heavy atom.